The van der Waals surface area contributed by atoms with Crippen molar-refractivity contribution in [2.45, 2.75) is 32.8 Å². The number of ether oxygens (including phenoxy) is 1. The summed E-state index contributed by atoms with van der Waals surface area (Å²) in [4.78, 5) is 36.3. The summed E-state index contributed by atoms with van der Waals surface area (Å²) in [6.45, 7) is 5.63. The molecule has 1 aliphatic rings. The summed E-state index contributed by atoms with van der Waals surface area (Å²) in [6, 6.07) is 6.75. The van der Waals surface area contributed by atoms with Gasteiger partial charge in [-0.05, 0) is 45.0 Å². The quantitative estimate of drug-likeness (QED) is 0.888. The fourth-order valence-electron chi connectivity index (χ4n) is 2.29. The summed E-state index contributed by atoms with van der Waals surface area (Å²) >= 11 is 0. The van der Waals surface area contributed by atoms with Crippen molar-refractivity contribution >= 4 is 29.3 Å². The van der Waals surface area contributed by atoms with Crippen LogP contribution in [0.4, 0.5) is 16.2 Å². The van der Waals surface area contributed by atoms with Gasteiger partial charge < -0.3 is 15.4 Å². The van der Waals surface area contributed by atoms with E-state index in [1.807, 2.05) is 0 Å². The molecule has 23 heavy (non-hydrogen) atoms. The number of anilines is 2. The Morgan fingerprint density at radius 1 is 1.26 bits per heavy atom. The number of hydrogen-bond acceptors (Lipinski definition) is 4. The van der Waals surface area contributed by atoms with Gasteiger partial charge in [0.05, 0.1) is 5.92 Å². The van der Waals surface area contributed by atoms with E-state index in [1.54, 1.807) is 45.0 Å². The summed E-state index contributed by atoms with van der Waals surface area (Å²) in [5, 5.41) is 2.62. The number of carbonyl (C=O) groups is 3. The van der Waals surface area contributed by atoms with E-state index in [9.17, 15) is 14.4 Å². The summed E-state index contributed by atoms with van der Waals surface area (Å²) < 4.78 is 5.16. The second kappa shape index (κ2) is 6.28. The predicted molar refractivity (Wildman–Crippen MR) is 86.0 cm³/mol. The Hall–Kier alpha value is -2.57. The number of nitrogens with zero attached hydrogens (tertiary/aromatic N) is 1. The standard InChI is InChI=1S/C16H21N3O4/c1-16(2,3)23-15(22)18-11-4-6-12(7-5-11)19-9-10(14(17)21)8-13(19)20/h4-7,10H,8-9H2,1-3H3,(H2,17,21)(H,18,22). The molecular formula is C16H21N3O4. The molecule has 1 aromatic rings. The van der Waals surface area contributed by atoms with Crippen LogP contribution in [0.3, 0.4) is 0 Å². The van der Waals surface area contributed by atoms with Gasteiger partial charge in [-0.2, -0.15) is 0 Å². The van der Waals surface area contributed by atoms with Crippen molar-refractivity contribution in [2.24, 2.45) is 11.7 Å². The Kier molecular flexibility index (Phi) is 4.58. The summed E-state index contributed by atoms with van der Waals surface area (Å²) in [5.41, 5.74) is 5.89. The highest BCUT2D eigenvalue weighted by molar-refractivity contribution is 6.00. The first-order valence-electron chi connectivity index (χ1n) is 7.35. The molecule has 0 spiro atoms. The van der Waals surface area contributed by atoms with Crippen LogP contribution in [0.25, 0.3) is 0 Å². The van der Waals surface area contributed by atoms with Crippen LogP contribution in [-0.4, -0.2) is 30.1 Å². The maximum absolute atomic E-state index is 11.9. The number of amides is 3. The minimum atomic E-state index is -0.574. The van der Waals surface area contributed by atoms with Crippen molar-refractivity contribution in [3.05, 3.63) is 24.3 Å². The molecule has 0 bridgehead atoms. The van der Waals surface area contributed by atoms with E-state index in [1.165, 1.54) is 4.90 Å². The van der Waals surface area contributed by atoms with Crippen molar-refractivity contribution in [2.75, 3.05) is 16.8 Å². The molecule has 7 heteroatoms. The summed E-state index contributed by atoms with van der Waals surface area (Å²) in [5.74, 6) is -1.06. The molecule has 1 unspecified atom stereocenters. The molecule has 3 N–H and O–H groups in total. The van der Waals surface area contributed by atoms with Gasteiger partial charge in [0.25, 0.3) is 0 Å². The van der Waals surface area contributed by atoms with Crippen LogP contribution in [-0.2, 0) is 14.3 Å². The molecule has 0 radical (unpaired) electrons. The lowest BCUT2D eigenvalue weighted by Gasteiger charge is -2.20. The summed E-state index contributed by atoms with van der Waals surface area (Å²) in [6.07, 6.45) is -0.413. The second-order valence-corrected chi connectivity index (χ2v) is 6.48. The van der Waals surface area contributed by atoms with Crippen LogP contribution in [0.1, 0.15) is 27.2 Å². The molecule has 2 rings (SSSR count). The maximum atomic E-state index is 11.9. The molecular weight excluding hydrogens is 298 g/mol. The van der Waals surface area contributed by atoms with Crippen LogP contribution in [0.15, 0.2) is 24.3 Å². The third kappa shape index (κ3) is 4.45. The third-order valence-electron chi connectivity index (χ3n) is 3.35. The van der Waals surface area contributed by atoms with Crippen molar-refractivity contribution < 1.29 is 19.1 Å². The molecule has 7 nitrogen and oxygen atoms in total. The smallest absolute Gasteiger partial charge is 0.412 e. The lowest BCUT2D eigenvalue weighted by molar-refractivity contribution is -0.123. The summed E-state index contributed by atoms with van der Waals surface area (Å²) in [7, 11) is 0. The van der Waals surface area contributed by atoms with Gasteiger partial charge in [0.1, 0.15) is 5.60 Å². The zero-order valence-electron chi connectivity index (χ0n) is 13.5. The average Bonchev–Trinajstić information content (AvgIpc) is 2.80. The first kappa shape index (κ1) is 16.8. The highest BCUT2D eigenvalue weighted by Crippen LogP contribution is 2.26. The largest absolute Gasteiger partial charge is 0.444 e. The topological polar surface area (TPSA) is 102 Å². The maximum Gasteiger partial charge on any atom is 0.412 e. The molecule has 1 saturated heterocycles. The molecule has 1 fully saturated rings. The number of carbonyl (C=O) groups excluding carboxylic acids is 3. The highest BCUT2D eigenvalue weighted by Gasteiger charge is 2.33. The van der Waals surface area contributed by atoms with Gasteiger partial charge in [0.15, 0.2) is 0 Å². The SMILES string of the molecule is CC(C)(C)OC(=O)Nc1ccc(N2CC(C(N)=O)CC2=O)cc1. The molecule has 0 saturated carbocycles. The normalized spacial score (nSPS) is 18.0. The van der Waals surface area contributed by atoms with Crippen molar-refractivity contribution in [3.8, 4) is 0 Å². The number of rotatable bonds is 3. The minimum absolute atomic E-state index is 0.132. The van der Waals surface area contributed by atoms with Crippen molar-refractivity contribution in [3.63, 3.8) is 0 Å². The van der Waals surface area contributed by atoms with Crippen LogP contribution in [0, 0.1) is 5.92 Å². The lowest BCUT2D eigenvalue weighted by atomic mass is 10.1. The monoisotopic (exact) mass is 319 g/mol. The van der Waals surface area contributed by atoms with E-state index in [2.05, 4.69) is 5.32 Å². The molecule has 0 aliphatic carbocycles. The fraction of sp³-hybridized carbons (Fsp3) is 0.438. The predicted octanol–water partition coefficient (Wildman–Crippen LogP) is 1.87. The van der Waals surface area contributed by atoms with E-state index in [4.69, 9.17) is 10.5 Å². The average molecular weight is 319 g/mol. The molecule has 3 amide bonds. The molecule has 1 heterocycles. The van der Waals surface area contributed by atoms with Crippen molar-refractivity contribution in [1.29, 1.82) is 0 Å². The second-order valence-electron chi connectivity index (χ2n) is 6.48. The van der Waals surface area contributed by atoms with E-state index in [0.29, 0.717) is 11.4 Å². The Labute approximate surface area is 134 Å². The number of nitrogens with one attached hydrogen (secondary N) is 1. The van der Waals surface area contributed by atoms with Gasteiger partial charge in [-0.1, -0.05) is 0 Å². The van der Waals surface area contributed by atoms with E-state index < -0.39 is 23.5 Å². The minimum Gasteiger partial charge on any atom is -0.444 e. The molecule has 1 aromatic carbocycles. The van der Waals surface area contributed by atoms with Gasteiger partial charge >= 0.3 is 6.09 Å². The Bertz CT molecular complexity index is 619. The van der Waals surface area contributed by atoms with Gasteiger partial charge in [0, 0.05) is 24.3 Å². The number of nitrogens with two attached hydrogens (primary N) is 1. The molecule has 1 aliphatic heterocycles. The highest BCUT2D eigenvalue weighted by atomic mass is 16.6. The molecule has 0 aromatic heterocycles. The van der Waals surface area contributed by atoms with E-state index in [-0.39, 0.29) is 18.9 Å². The zero-order chi connectivity index (χ0) is 17.2. The molecule has 1 atom stereocenters. The number of benzene rings is 1. The van der Waals surface area contributed by atoms with E-state index >= 15 is 0 Å². The zero-order valence-corrected chi connectivity index (χ0v) is 13.5. The number of hydrogen-bond donors (Lipinski definition) is 2. The first-order valence-corrected chi connectivity index (χ1v) is 7.35. The fourth-order valence-corrected chi connectivity index (χ4v) is 2.29. The Balaban J connectivity index is 2.01. The Morgan fingerprint density at radius 3 is 2.35 bits per heavy atom. The van der Waals surface area contributed by atoms with E-state index in [0.717, 1.165) is 0 Å². The van der Waals surface area contributed by atoms with Gasteiger partial charge in [0.2, 0.25) is 11.8 Å². The lowest BCUT2D eigenvalue weighted by Crippen LogP contribution is -2.28. The molecule has 124 valence electrons. The van der Waals surface area contributed by atoms with Crippen molar-refractivity contribution in [1.82, 2.24) is 0 Å². The third-order valence-corrected chi connectivity index (χ3v) is 3.35. The van der Waals surface area contributed by atoms with Crippen LogP contribution in [0.2, 0.25) is 0 Å². The van der Waals surface area contributed by atoms with Gasteiger partial charge in [-0.3, -0.25) is 14.9 Å². The van der Waals surface area contributed by atoms with Crippen LogP contribution in [0.5, 0.6) is 0 Å². The van der Waals surface area contributed by atoms with Crippen LogP contribution >= 0.6 is 0 Å². The number of primary amides is 1. The van der Waals surface area contributed by atoms with Crippen LogP contribution < -0.4 is 16.0 Å². The van der Waals surface area contributed by atoms with Gasteiger partial charge in [-0.15, -0.1) is 0 Å². The first-order chi connectivity index (χ1) is 10.7. The Morgan fingerprint density at radius 2 is 1.87 bits per heavy atom. The van der Waals surface area contributed by atoms with Gasteiger partial charge in [-0.25, -0.2) is 4.79 Å².